The van der Waals surface area contributed by atoms with Gasteiger partial charge in [0.25, 0.3) is 0 Å². The van der Waals surface area contributed by atoms with Crippen LogP contribution in [0.25, 0.3) is 0 Å². The maximum atomic E-state index is 12.5. The normalized spacial score (nSPS) is 28.1. The van der Waals surface area contributed by atoms with Crippen LogP contribution >= 0.6 is 11.6 Å². The van der Waals surface area contributed by atoms with Gasteiger partial charge in [-0.3, -0.25) is 0 Å². The van der Waals surface area contributed by atoms with Crippen molar-refractivity contribution in [2.24, 2.45) is 5.41 Å². The molecule has 13 heavy (non-hydrogen) atoms. The predicted molar refractivity (Wildman–Crippen MR) is 45.0 cm³/mol. The zero-order valence-corrected chi connectivity index (χ0v) is 7.28. The van der Waals surface area contributed by atoms with Crippen LogP contribution in [0.4, 0.5) is 13.2 Å². The van der Waals surface area contributed by atoms with Crippen molar-refractivity contribution in [1.82, 2.24) is 0 Å². The number of allylic oxidation sites excluding steroid dienone is 4. The fraction of sp³-hybridized carbons (Fsp3) is 0.333. The van der Waals surface area contributed by atoms with E-state index in [1.807, 2.05) is 0 Å². The molecule has 0 aromatic heterocycles. The van der Waals surface area contributed by atoms with Crippen LogP contribution in [-0.2, 0) is 0 Å². The van der Waals surface area contributed by atoms with E-state index in [1.54, 1.807) is 5.92 Å². The van der Waals surface area contributed by atoms with Crippen molar-refractivity contribution in [2.75, 3.05) is 0 Å². The van der Waals surface area contributed by atoms with Gasteiger partial charge in [-0.05, 0) is 18.6 Å². The highest BCUT2D eigenvalue weighted by Gasteiger charge is 2.52. The molecule has 0 spiro atoms. The number of hydrogen-bond acceptors (Lipinski definition) is 0. The second kappa shape index (κ2) is 3.12. The topological polar surface area (TPSA) is 0 Å². The van der Waals surface area contributed by atoms with Gasteiger partial charge >= 0.3 is 6.18 Å². The highest BCUT2D eigenvalue weighted by molar-refractivity contribution is 6.31. The van der Waals surface area contributed by atoms with Crippen LogP contribution in [0.5, 0.6) is 0 Å². The van der Waals surface area contributed by atoms with E-state index in [0.29, 0.717) is 0 Å². The monoisotopic (exact) mass is 206 g/mol. The lowest BCUT2D eigenvalue weighted by molar-refractivity contribution is -0.185. The lowest BCUT2D eigenvalue weighted by Gasteiger charge is -2.28. The van der Waals surface area contributed by atoms with Gasteiger partial charge in [-0.15, -0.1) is 6.42 Å². The molecule has 4 heteroatoms. The van der Waals surface area contributed by atoms with Crippen LogP contribution in [0.3, 0.4) is 0 Å². The minimum Gasteiger partial charge on any atom is -0.169 e. The van der Waals surface area contributed by atoms with Crippen LogP contribution in [0, 0.1) is 17.8 Å². The summed E-state index contributed by atoms with van der Waals surface area (Å²) in [4.78, 5) is 0. The molecule has 0 heterocycles. The molecule has 0 fully saturated rings. The molecule has 1 aliphatic rings. The van der Waals surface area contributed by atoms with Gasteiger partial charge < -0.3 is 0 Å². The molecular formula is C9H6ClF3. The van der Waals surface area contributed by atoms with Gasteiger partial charge in [-0.1, -0.05) is 23.6 Å². The molecule has 0 aromatic rings. The Morgan fingerprint density at radius 1 is 1.54 bits per heavy atom. The Balaban J connectivity index is 3.13. The van der Waals surface area contributed by atoms with E-state index in [4.69, 9.17) is 18.0 Å². The number of hydrogen-bond donors (Lipinski definition) is 0. The molecule has 0 aromatic carbocycles. The zero-order chi connectivity index (χ0) is 10.1. The quantitative estimate of drug-likeness (QED) is 0.534. The van der Waals surface area contributed by atoms with Crippen molar-refractivity contribution in [1.29, 1.82) is 0 Å². The highest BCUT2D eigenvalue weighted by atomic mass is 35.5. The Morgan fingerprint density at radius 3 is 2.46 bits per heavy atom. The smallest absolute Gasteiger partial charge is 0.169 e. The number of alkyl halides is 3. The maximum Gasteiger partial charge on any atom is 0.408 e. The molecular weight excluding hydrogens is 201 g/mol. The standard InChI is InChI=1S/C9H6ClF3/c1-2-8(9(11,12)13)5-3-4-7(10)6-8/h1,3-4,6H,5H2. The third kappa shape index (κ3) is 1.73. The molecule has 1 unspecified atom stereocenters. The second-order valence-electron chi connectivity index (χ2n) is 2.75. The summed E-state index contributed by atoms with van der Waals surface area (Å²) in [5.74, 6) is 1.75. The first-order valence-electron chi connectivity index (χ1n) is 3.51. The van der Waals surface area contributed by atoms with Crippen LogP contribution in [0.1, 0.15) is 6.42 Å². The summed E-state index contributed by atoms with van der Waals surface area (Å²) >= 11 is 5.46. The molecule has 0 aliphatic heterocycles. The molecule has 0 bridgehead atoms. The Labute approximate surface area is 79.1 Å². The largest absolute Gasteiger partial charge is 0.408 e. The van der Waals surface area contributed by atoms with Crippen LogP contribution in [0.2, 0.25) is 0 Å². The molecule has 0 saturated carbocycles. The summed E-state index contributed by atoms with van der Waals surface area (Å²) in [6.45, 7) is 0. The van der Waals surface area contributed by atoms with Crippen LogP contribution in [-0.4, -0.2) is 6.18 Å². The molecule has 0 saturated heterocycles. The van der Waals surface area contributed by atoms with Gasteiger partial charge in [-0.25, -0.2) is 0 Å². The Kier molecular flexibility index (Phi) is 2.44. The summed E-state index contributed by atoms with van der Waals surface area (Å²) in [6.07, 6.45) is 3.79. The van der Waals surface area contributed by atoms with E-state index in [1.165, 1.54) is 12.2 Å². The predicted octanol–water partition coefficient (Wildman–Crippen LogP) is 3.25. The Hall–Kier alpha value is -0.880. The summed E-state index contributed by atoms with van der Waals surface area (Å²) in [7, 11) is 0. The average molecular weight is 207 g/mol. The molecule has 1 aliphatic carbocycles. The minimum absolute atomic E-state index is 0.0292. The lowest BCUT2D eigenvalue weighted by atomic mass is 9.82. The van der Waals surface area contributed by atoms with Gasteiger partial charge in [0.1, 0.15) is 5.41 Å². The van der Waals surface area contributed by atoms with Gasteiger partial charge in [0.05, 0.1) is 0 Å². The minimum atomic E-state index is -4.45. The first-order chi connectivity index (χ1) is 5.91. The first kappa shape index (κ1) is 10.2. The lowest BCUT2D eigenvalue weighted by Crippen LogP contribution is -2.35. The molecule has 1 rings (SSSR count). The molecule has 0 nitrogen and oxygen atoms in total. The maximum absolute atomic E-state index is 12.5. The van der Waals surface area contributed by atoms with E-state index < -0.39 is 11.6 Å². The SMILES string of the molecule is C#CC1(C(F)(F)F)C=C(Cl)C=CC1. The van der Waals surface area contributed by atoms with Gasteiger partial charge in [0, 0.05) is 5.03 Å². The first-order valence-corrected chi connectivity index (χ1v) is 3.88. The fourth-order valence-electron chi connectivity index (χ4n) is 1.08. The van der Waals surface area contributed by atoms with E-state index in [9.17, 15) is 13.2 Å². The molecule has 0 N–H and O–H groups in total. The van der Waals surface area contributed by atoms with Crippen LogP contribution < -0.4 is 0 Å². The van der Waals surface area contributed by atoms with E-state index in [2.05, 4.69) is 0 Å². The van der Waals surface area contributed by atoms with Crippen molar-refractivity contribution in [3.63, 3.8) is 0 Å². The van der Waals surface area contributed by atoms with Crippen molar-refractivity contribution < 1.29 is 13.2 Å². The van der Waals surface area contributed by atoms with Crippen molar-refractivity contribution in [3.8, 4) is 12.3 Å². The molecule has 70 valence electrons. The fourth-order valence-corrected chi connectivity index (χ4v) is 1.36. The average Bonchev–Trinajstić information content (AvgIpc) is 2.02. The third-order valence-corrected chi connectivity index (χ3v) is 2.10. The molecule has 1 atom stereocenters. The molecule has 0 amide bonds. The number of rotatable bonds is 0. The van der Waals surface area contributed by atoms with Crippen molar-refractivity contribution >= 4 is 11.6 Å². The molecule has 0 radical (unpaired) electrons. The van der Waals surface area contributed by atoms with Gasteiger partial charge in [0.15, 0.2) is 0 Å². The van der Waals surface area contributed by atoms with Crippen molar-refractivity contribution in [3.05, 3.63) is 23.3 Å². The van der Waals surface area contributed by atoms with E-state index >= 15 is 0 Å². The zero-order valence-electron chi connectivity index (χ0n) is 6.53. The summed E-state index contributed by atoms with van der Waals surface area (Å²) in [6, 6.07) is 0. The summed E-state index contributed by atoms with van der Waals surface area (Å²) in [5, 5.41) is 0.0292. The van der Waals surface area contributed by atoms with Gasteiger partial charge in [0.2, 0.25) is 0 Å². The van der Waals surface area contributed by atoms with Gasteiger partial charge in [-0.2, -0.15) is 13.2 Å². The second-order valence-corrected chi connectivity index (χ2v) is 3.19. The van der Waals surface area contributed by atoms with E-state index in [0.717, 1.165) is 6.08 Å². The van der Waals surface area contributed by atoms with Crippen molar-refractivity contribution in [2.45, 2.75) is 12.6 Å². The Morgan fingerprint density at radius 2 is 2.15 bits per heavy atom. The Bertz CT molecular complexity index is 306. The van der Waals surface area contributed by atoms with E-state index in [-0.39, 0.29) is 11.5 Å². The highest BCUT2D eigenvalue weighted by Crippen LogP contribution is 2.45. The summed E-state index contributed by atoms with van der Waals surface area (Å²) < 4.78 is 37.5. The number of terminal acetylenes is 1. The summed E-state index contributed by atoms with van der Waals surface area (Å²) in [5.41, 5.74) is -2.22. The number of halogens is 4. The van der Waals surface area contributed by atoms with Crippen LogP contribution in [0.15, 0.2) is 23.3 Å². The third-order valence-electron chi connectivity index (χ3n) is 1.86.